The first-order valence-electron chi connectivity index (χ1n) is 4.45. The summed E-state index contributed by atoms with van der Waals surface area (Å²) in [4.78, 5) is 0. The van der Waals surface area contributed by atoms with E-state index in [4.69, 9.17) is 20.9 Å². The average molecular weight is 176 g/mol. The second kappa shape index (κ2) is 7.49. The molecule has 0 aliphatic carbocycles. The van der Waals surface area contributed by atoms with E-state index in [0.29, 0.717) is 13.2 Å². The third kappa shape index (κ3) is 6.54. The molecule has 0 saturated heterocycles. The topological polar surface area (TPSA) is 70.5 Å². The molecule has 0 aromatic heterocycles. The molecule has 0 radical (unpaired) electrons. The highest BCUT2D eigenvalue weighted by Gasteiger charge is 2.00. The molecule has 2 atom stereocenters. The van der Waals surface area contributed by atoms with Gasteiger partial charge in [0.05, 0.1) is 13.2 Å². The fourth-order valence-electron chi connectivity index (χ4n) is 0.635. The Balaban J connectivity index is 3.10. The first-order chi connectivity index (χ1) is 5.70. The molecule has 0 aliphatic rings. The molecule has 4 N–H and O–H groups in total. The first kappa shape index (κ1) is 11.8. The minimum absolute atomic E-state index is 0.175. The quantitative estimate of drug-likeness (QED) is 0.435. The zero-order chi connectivity index (χ0) is 9.40. The fraction of sp³-hybridized carbons (Fsp3) is 1.00. The van der Waals surface area contributed by atoms with Gasteiger partial charge in [-0.25, -0.2) is 0 Å². The van der Waals surface area contributed by atoms with Gasteiger partial charge in [0.2, 0.25) is 0 Å². The summed E-state index contributed by atoms with van der Waals surface area (Å²) in [5, 5.41) is 0. The Morgan fingerprint density at radius 3 is 1.50 bits per heavy atom. The van der Waals surface area contributed by atoms with E-state index in [1.165, 1.54) is 0 Å². The highest BCUT2D eigenvalue weighted by molar-refractivity contribution is 4.44. The third-order valence-electron chi connectivity index (χ3n) is 1.55. The number of hydrogen-bond donors (Lipinski definition) is 2. The molecule has 0 aromatic carbocycles. The van der Waals surface area contributed by atoms with Crippen molar-refractivity contribution < 1.29 is 9.47 Å². The van der Waals surface area contributed by atoms with Crippen molar-refractivity contribution in [2.75, 3.05) is 13.2 Å². The Morgan fingerprint density at radius 2 is 1.25 bits per heavy atom. The van der Waals surface area contributed by atoms with Gasteiger partial charge in [0.15, 0.2) is 0 Å². The maximum absolute atomic E-state index is 5.51. The summed E-state index contributed by atoms with van der Waals surface area (Å²) in [6.45, 7) is 4.98. The van der Waals surface area contributed by atoms with Crippen LogP contribution in [0.1, 0.15) is 26.7 Å². The minimum atomic E-state index is -0.175. The summed E-state index contributed by atoms with van der Waals surface area (Å²) >= 11 is 0. The van der Waals surface area contributed by atoms with Crippen molar-refractivity contribution >= 4 is 0 Å². The summed E-state index contributed by atoms with van der Waals surface area (Å²) in [5.74, 6) is 0. The van der Waals surface area contributed by atoms with Gasteiger partial charge < -0.3 is 20.9 Å². The lowest BCUT2D eigenvalue weighted by molar-refractivity contribution is -0.0202. The van der Waals surface area contributed by atoms with E-state index in [1.54, 1.807) is 0 Å². The molecule has 2 unspecified atom stereocenters. The van der Waals surface area contributed by atoms with Crippen LogP contribution in [0.15, 0.2) is 0 Å². The first-order valence-corrected chi connectivity index (χ1v) is 4.45. The van der Waals surface area contributed by atoms with E-state index < -0.39 is 0 Å². The van der Waals surface area contributed by atoms with E-state index >= 15 is 0 Å². The maximum Gasteiger partial charge on any atom is 0.105 e. The highest BCUT2D eigenvalue weighted by Crippen LogP contribution is 1.91. The van der Waals surface area contributed by atoms with Crippen LogP contribution in [0, 0.1) is 0 Å². The molecule has 74 valence electrons. The smallest absolute Gasteiger partial charge is 0.105 e. The molecule has 4 heteroatoms. The van der Waals surface area contributed by atoms with Crippen molar-refractivity contribution in [2.45, 2.75) is 39.1 Å². The predicted molar refractivity (Wildman–Crippen MR) is 48.4 cm³/mol. The van der Waals surface area contributed by atoms with Gasteiger partial charge in [0.25, 0.3) is 0 Å². The summed E-state index contributed by atoms with van der Waals surface area (Å²) < 4.78 is 10.4. The fourth-order valence-corrected chi connectivity index (χ4v) is 0.635. The lowest BCUT2D eigenvalue weighted by atomic mass is 10.4. The van der Waals surface area contributed by atoms with Gasteiger partial charge in [-0.3, -0.25) is 0 Å². The van der Waals surface area contributed by atoms with Crippen LogP contribution in [0.3, 0.4) is 0 Å². The summed E-state index contributed by atoms with van der Waals surface area (Å²) in [5.41, 5.74) is 11.0. The Morgan fingerprint density at radius 1 is 0.917 bits per heavy atom. The van der Waals surface area contributed by atoms with Crippen LogP contribution < -0.4 is 11.5 Å². The van der Waals surface area contributed by atoms with Crippen LogP contribution in [-0.2, 0) is 9.47 Å². The van der Waals surface area contributed by atoms with E-state index in [1.807, 2.05) is 13.8 Å². The van der Waals surface area contributed by atoms with Crippen molar-refractivity contribution in [3.05, 3.63) is 0 Å². The molecule has 4 nitrogen and oxygen atoms in total. The normalized spacial score (nSPS) is 16.0. The van der Waals surface area contributed by atoms with Crippen LogP contribution in [0.25, 0.3) is 0 Å². The molecule has 0 saturated carbocycles. The van der Waals surface area contributed by atoms with Gasteiger partial charge >= 0.3 is 0 Å². The molecule has 0 spiro atoms. The van der Waals surface area contributed by atoms with Gasteiger partial charge in [0, 0.05) is 0 Å². The van der Waals surface area contributed by atoms with Gasteiger partial charge in [-0.15, -0.1) is 0 Å². The van der Waals surface area contributed by atoms with Crippen LogP contribution in [-0.4, -0.2) is 25.7 Å². The molecular weight excluding hydrogens is 156 g/mol. The van der Waals surface area contributed by atoms with Crippen LogP contribution in [0.2, 0.25) is 0 Å². The Labute approximate surface area is 74.2 Å². The zero-order valence-corrected chi connectivity index (χ0v) is 7.95. The minimum Gasteiger partial charge on any atom is -0.361 e. The molecule has 0 fully saturated rings. The second-order valence-electron chi connectivity index (χ2n) is 2.63. The van der Waals surface area contributed by atoms with Crippen molar-refractivity contribution in [1.82, 2.24) is 0 Å². The monoisotopic (exact) mass is 176 g/mol. The number of ether oxygens (including phenoxy) is 2. The number of hydrogen-bond acceptors (Lipinski definition) is 4. The van der Waals surface area contributed by atoms with Gasteiger partial charge in [0.1, 0.15) is 12.5 Å². The van der Waals surface area contributed by atoms with Gasteiger partial charge in [-0.2, -0.15) is 0 Å². The molecule has 0 bridgehead atoms. The molecule has 0 heterocycles. The second-order valence-corrected chi connectivity index (χ2v) is 2.63. The predicted octanol–water partition coefficient (Wildman–Crippen LogP) is 0.409. The zero-order valence-electron chi connectivity index (χ0n) is 7.95. The Hall–Kier alpha value is -0.160. The lowest BCUT2D eigenvalue weighted by Gasteiger charge is -2.13. The Bertz CT molecular complexity index is 89.1. The van der Waals surface area contributed by atoms with Gasteiger partial charge in [-0.1, -0.05) is 13.8 Å². The summed E-state index contributed by atoms with van der Waals surface area (Å²) in [6.07, 6.45) is 1.29. The van der Waals surface area contributed by atoms with E-state index in [-0.39, 0.29) is 12.5 Å². The van der Waals surface area contributed by atoms with Crippen molar-refractivity contribution in [2.24, 2.45) is 11.5 Å². The van der Waals surface area contributed by atoms with E-state index in [2.05, 4.69) is 0 Å². The molecule has 12 heavy (non-hydrogen) atoms. The largest absolute Gasteiger partial charge is 0.361 e. The van der Waals surface area contributed by atoms with Gasteiger partial charge in [-0.05, 0) is 12.8 Å². The molecular formula is C8H20N2O2. The Kier molecular flexibility index (Phi) is 7.39. The van der Waals surface area contributed by atoms with Crippen molar-refractivity contribution in [3.8, 4) is 0 Å². The van der Waals surface area contributed by atoms with Crippen LogP contribution >= 0.6 is 0 Å². The van der Waals surface area contributed by atoms with E-state index in [0.717, 1.165) is 12.8 Å². The van der Waals surface area contributed by atoms with E-state index in [9.17, 15) is 0 Å². The molecule has 0 aromatic rings. The van der Waals surface area contributed by atoms with Crippen molar-refractivity contribution in [3.63, 3.8) is 0 Å². The van der Waals surface area contributed by atoms with Crippen molar-refractivity contribution in [1.29, 1.82) is 0 Å². The lowest BCUT2D eigenvalue weighted by Crippen LogP contribution is -2.28. The molecule has 0 rings (SSSR count). The average Bonchev–Trinajstić information content (AvgIpc) is 2.11. The van der Waals surface area contributed by atoms with Crippen LogP contribution in [0.5, 0.6) is 0 Å². The number of rotatable bonds is 7. The molecule has 0 aliphatic heterocycles. The summed E-state index contributed by atoms with van der Waals surface area (Å²) in [7, 11) is 0. The molecule has 0 amide bonds. The van der Waals surface area contributed by atoms with Crippen LogP contribution in [0.4, 0.5) is 0 Å². The number of nitrogens with two attached hydrogens (primary N) is 2. The highest BCUT2D eigenvalue weighted by atomic mass is 16.5. The maximum atomic E-state index is 5.51. The third-order valence-corrected chi connectivity index (χ3v) is 1.55. The SMILES string of the molecule is CCC(N)OCCOC(N)CC. The summed E-state index contributed by atoms with van der Waals surface area (Å²) in [6, 6.07) is 0. The standard InChI is InChI=1S/C8H20N2O2/c1-3-7(9)11-5-6-12-8(10)4-2/h7-8H,3-6,9-10H2,1-2H3.